The predicted molar refractivity (Wildman–Crippen MR) is 256 cm³/mol. The molecule has 418 valence electrons. The maximum Gasteiger partial charge on any atom is 2.00 e. The molecule has 0 bridgehead atoms. The molecule has 0 aliphatic heterocycles. The number of rotatable bonds is 28. The van der Waals surface area contributed by atoms with Crippen molar-refractivity contribution in [3.05, 3.63) is 119 Å². The van der Waals surface area contributed by atoms with Gasteiger partial charge in [0.15, 0.2) is 30.4 Å². The van der Waals surface area contributed by atoms with Crippen LogP contribution in [0, 0.1) is 0 Å². The van der Waals surface area contributed by atoms with Gasteiger partial charge in [-0.15, -0.1) is 0 Å². The van der Waals surface area contributed by atoms with Gasteiger partial charge in [0.25, 0.3) is 0 Å². The van der Waals surface area contributed by atoms with Crippen LogP contribution in [-0.2, 0) is 70.5 Å². The van der Waals surface area contributed by atoms with Crippen LogP contribution in [0.3, 0.4) is 0 Å². The van der Waals surface area contributed by atoms with Gasteiger partial charge < -0.3 is 120 Å². The molecule has 0 saturated heterocycles. The Morgan fingerprint density at radius 2 is 0.556 bits per heavy atom. The standard InChI is InChI=1S/2C21H32N2O8P2.2Cu.4H2O/c2*1-3-30-32(26,27)20(16-10-5-7-12-18(16)24)22-14-9-15-23-21(33(28,29)31-4-2)17-11-6-8-13-19(17)25;;;;;;/h2*5-8,10-13,20-25H,3-4,9,14-15H2,1-2H3,(H,26,27)(H,28,29);;;4*1H2/q;;2*+2;;;;/p-4/t2*20-,21+;;;;;;. The minimum atomic E-state index is -4.40. The van der Waals surface area contributed by atoms with E-state index < -0.39 is 53.5 Å². The number of phenolic OH excluding ortho intramolecular Hbond substituents is 4. The Balaban J connectivity index is -0.000000593. The van der Waals surface area contributed by atoms with Crippen LogP contribution in [0.1, 0.15) is 85.9 Å². The van der Waals surface area contributed by atoms with Gasteiger partial charge in [0.1, 0.15) is 46.1 Å². The van der Waals surface area contributed by atoms with Gasteiger partial charge in [-0.2, -0.15) is 0 Å². The van der Waals surface area contributed by atoms with E-state index in [0.717, 1.165) is 0 Å². The third kappa shape index (κ3) is 23.1. The van der Waals surface area contributed by atoms with Crippen molar-refractivity contribution < 1.29 is 132 Å². The largest absolute Gasteiger partial charge is 2.00 e. The van der Waals surface area contributed by atoms with Crippen molar-refractivity contribution >= 4 is 30.4 Å². The van der Waals surface area contributed by atoms with Gasteiger partial charge in [0, 0.05) is 22.3 Å². The first kappa shape index (κ1) is 75.9. The second-order valence-corrected chi connectivity index (χ2v) is 21.6. The molecule has 0 aromatic heterocycles. The number of para-hydroxylation sites is 4. The Labute approximate surface area is 440 Å². The Bertz CT molecular complexity index is 2000. The summed E-state index contributed by atoms with van der Waals surface area (Å²) in [5.74, 6) is -5.85. The molecule has 4 aromatic rings. The Hall–Kier alpha value is -2.60. The molecule has 0 aliphatic rings. The van der Waals surface area contributed by atoms with E-state index in [1.54, 1.807) is 76.2 Å². The van der Waals surface area contributed by atoms with Crippen LogP contribution >= 0.6 is 30.4 Å². The van der Waals surface area contributed by atoms with E-state index in [4.69, 9.17) is 18.1 Å². The smallest absolute Gasteiger partial charge is 0.777 e. The van der Waals surface area contributed by atoms with Gasteiger partial charge in [0.2, 0.25) is 0 Å². The fourth-order valence-corrected chi connectivity index (χ4v) is 12.3. The van der Waals surface area contributed by atoms with Crippen LogP contribution in [0.5, 0.6) is 23.0 Å². The zero-order valence-corrected chi connectivity index (χ0v) is 45.2. The molecule has 0 amide bonds. The van der Waals surface area contributed by atoms with E-state index in [2.05, 4.69) is 21.3 Å². The quantitative estimate of drug-likeness (QED) is 0.0228. The van der Waals surface area contributed by atoms with Crippen LogP contribution in [0.25, 0.3) is 0 Å². The molecule has 4 aromatic carbocycles. The Kier molecular flexibility index (Phi) is 39.2. The van der Waals surface area contributed by atoms with Crippen LogP contribution in [0.15, 0.2) is 97.1 Å². The van der Waals surface area contributed by atoms with Crippen molar-refractivity contribution in [3.63, 3.8) is 0 Å². The predicted octanol–water partition coefficient (Wildman–Crippen LogP) is 1.78. The summed E-state index contributed by atoms with van der Waals surface area (Å²) >= 11 is 0. The topological polar surface area (TPSA) is 452 Å². The fourth-order valence-electron chi connectivity index (χ4n) is 6.59. The zero-order valence-electron chi connectivity index (χ0n) is 39.7. The SMILES string of the molecule is CCOP(=O)([O-])[C@H](NCCCN[C@@H](c1ccccc1O)P(=O)([O-])OCC)c1ccccc1O.CCOP(=O)([O-])[C@H](NCCCN[C@@H](c1ccccc1O)P(=O)([O-])OCC)c1ccccc1O.O.O.O.O.[Cu+2].[Cu+2]. The minimum Gasteiger partial charge on any atom is -0.777 e. The molecule has 4 unspecified atom stereocenters. The summed E-state index contributed by atoms with van der Waals surface area (Å²) in [6.45, 7) is 6.66. The summed E-state index contributed by atoms with van der Waals surface area (Å²) in [7, 11) is -17.6. The number of hydrogen-bond acceptors (Lipinski definition) is 20. The van der Waals surface area contributed by atoms with Crippen molar-refractivity contribution in [2.24, 2.45) is 0 Å². The molecular weight excluding hydrogens is 1130 g/mol. The summed E-state index contributed by atoms with van der Waals surface area (Å²) in [5.41, 5.74) is 0.629. The van der Waals surface area contributed by atoms with E-state index in [0.29, 0.717) is 12.8 Å². The molecular formula is C42H68Cu2N4O20P4. The Morgan fingerprint density at radius 1 is 0.389 bits per heavy atom. The fraction of sp³-hybridized carbons (Fsp3) is 0.429. The van der Waals surface area contributed by atoms with Crippen molar-refractivity contribution in [2.75, 3.05) is 52.6 Å². The molecule has 0 spiro atoms. The van der Waals surface area contributed by atoms with Gasteiger partial charge in [-0.1, -0.05) is 72.8 Å². The van der Waals surface area contributed by atoms with Crippen molar-refractivity contribution in [1.82, 2.24) is 21.3 Å². The van der Waals surface area contributed by atoms with Crippen molar-refractivity contribution in [1.29, 1.82) is 0 Å². The number of nitrogens with one attached hydrogen (secondary N) is 4. The van der Waals surface area contributed by atoms with Crippen LogP contribution in [-0.4, -0.2) is 94.9 Å². The normalized spacial score (nSPS) is 15.7. The first-order valence-corrected chi connectivity index (χ1v) is 27.6. The van der Waals surface area contributed by atoms with E-state index >= 15 is 0 Å². The van der Waals surface area contributed by atoms with Gasteiger partial charge in [-0.3, -0.25) is 0 Å². The van der Waals surface area contributed by atoms with Gasteiger partial charge >= 0.3 is 34.1 Å². The van der Waals surface area contributed by atoms with Gasteiger partial charge in [-0.05, 0) is 91.0 Å². The molecule has 16 N–H and O–H groups in total. The molecule has 4 rings (SSSR count). The second kappa shape index (κ2) is 37.2. The first-order chi connectivity index (χ1) is 31.3. The molecule has 0 saturated carbocycles. The molecule has 0 heterocycles. The van der Waals surface area contributed by atoms with Crippen LogP contribution in [0.4, 0.5) is 0 Å². The van der Waals surface area contributed by atoms with E-state index in [1.165, 1.54) is 48.5 Å². The third-order valence-corrected chi connectivity index (χ3v) is 16.3. The van der Waals surface area contributed by atoms with Crippen molar-refractivity contribution in [2.45, 2.75) is 63.7 Å². The molecule has 0 fully saturated rings. The molecule has 30 heteroatoms. The molecule has 72 heavy (non-hydrogen) atoms. The number of aromatic hydroxyl groups is 4. The van der Waals surface area contributed by atoms with E-state index in [-0.39, 0.29) is 154 Å². The Morgan fingerprint density at radius 3 is 0.708 bits per heavy atom. The average Bonchev–Trinajstić information content (AvgIpc) is 3.25. The summed E-state index contributed by atoms with van der Waals surface area (Å²) in [6.07, 6.45) is 0.652. The molecule has 24 nitrogen and oxygen atoms in total. The number of hydrogen-bond donors (Lipinski definition) is 8. The summed E-state index contributed by atoms with van der Waals surface area (Å²) in [6, 6.07) is 24.2. The van der Waals surface area contributed by atoms with Gasteiger partial charge in [0.05, 0.1) is 26.4 Å². The second-order valence-electron chi connectivity index (χ2n) is 14.2. The third-order valence-electron chi connectivity index (χ3n) is 9.48. The number of phenols is 4. The minimum absolute atomic E-state index is 0. The molecule has 8 atom stereocenters. The maximum atomic E-state index is 12.6. The average molecular weight is 1200 g/mol. The summed E-state index contributed by atoms with van der Waals surface area (Å²) < 4.78 is 70.0. The van der Waals surface area contributed by atoms with E-state index in [1.807, 2.05) is 0 Å². The first-order valence-electron chi connectivity index (χ1n) is 21.1. The van der Waals surface area contributed by atoms with Crippen LogP contribution < -0.4 is 40.8 Å². The molecule has 0 aliphatic carbocycles. The van der Waals surface area contributed by atoms with Crippen LogP contribution in [0.2, 0.25) is 0 Å². The molecule has 2 radical (unpaired) electrons. The zero-order chi connectivity index (χ0) is 49.0. The monoisotopic (exact) mass is 1200 g/mol. The summed E-state index contributed by atoms with van der Waals surface area (Å²) in [4.78, 5) is 50.3. The van der Waals surface area contributed by atoms with Crippen molar-refractivity contribution in [3.8, 4) is 23.0 Å². The van der Waals surface area contributed by atoms with E-state index in [9.17, 15) is 58.3 Å². The maximum absolute atomic E-state index is 12.6. The summed E-state index contributed by atoms with van der Waals surface area (Å²) in [5, 5.41) is 51.9. The number of benzene rings is 4. The van der Waals surface area contributed by atoms with Gasteiger partial charge in [-0.25, -0.2) is 0 Å².